The summed E-state index contributed by atoms with van der Waals surface area (Å²) in [6, 6.07) is 8.01. The van der Waals surface area contributed by atoms with Gasteiger partial charge in [0.15, 0.2) is 0 Å². The van der Waals surface area contributed by atoms with E-state index in [0.717, 1.165) is 11.1 Å². The van der Waals surface area contributed by atoms with Crippen LogP contribution in [-0.2, 0) is 22.6 Å². The molecular formula is C24H41N3O4. The summed E-state index contributed by atoms with van der Waals surface area (Å²) in [5.41, 5.74) is 0.770. The summed E-state index contributed by atoms with van der Waals surface area (Å²) in [4.78, 5) is 26.0. The van der Waals surface area contributed by atoms with Gasteiger partial charge in [-0.25, -0.2) is 9.59 Å². The number of hydrogen-bond donors (Lipinski definition) is 2. The summed E-state index contributed by atoms with van der Waals surface area (Å²) >= 11 is 0. The number of carbonyl (C=O) groups is 2. The lowest BCUT2D eigenvalue weighted by Crippen LogP contribution is -2.50. The first-order valence-electron chi connectivity index (χ1n) is 10.8. The third kappa shape index (κ3) is 11.6. The van der Waals surface area contributed by atoms with Gasteiger partial charge in [-0.3, -0.25) is 0 Å². The van der Waals surface area contributed by atoms with E-state index in [9.17, 15) is 9.59 Å². The van der Waals surface area contributed by atoms with Crippen molar-refractivity contribution in [2.45, 2.75) is 92.1 Å². The molecular weight excluding hydrogens is 394 g/mol. The number of benzene rings is 1. The minimum Gasteiger partial charge on any atom is -0.444 e. The van der Waals surface area contributed by atoms with Gasteiger partial charge >= 0.3 is 12.2 Å². The average Bonchev–Trinajstić information content (AvgIpc) is 2.56. The Balaban J connectivity index is 2.47. The molecule has 0 radical (unpaired) electrons. The van der Waals surface area contributed by atoms with Gasteiger partial charge in [0.05, 0.1) is 0 Å². The number of alkyl carbamates (subject to hydrolysis) is 1. The molecule has 31 heavy (non-hydrogen) atoms. The predicted molar refractivity (Wildman–Crippen MR) is 124 cm³/mol. The van der Waals surface area contributed by atoms with Crippen LogP contribution in [-0.4, -0.2) is 46.9 Å². The Bertz CT molecular complexity index is 710. The molecule has 0 heterocycles. The second-order valence-corrected chi connectivity index (χ2v) is 10.7. The molecule has 0 bridgehead atoms. The average molecular weight is 436 g/mol. The number of nitrogens with zero attached hydrogens (tertiary/aromatic N) is 1. The van der Waals surface area contributed by atoms with E-state index in [0.29, 0.717) is 26.2 Å². The van der Waals surface area contributed by atoms with Crippen LogP contribution in [0.4, 0.5) is 9.59 Å². The van der Waals surface area contributed by atoms with Crippen molar-refractivity contribution >= 4 is 12.2 Å². The number of hydrogen-bond acceptors (Lipinski definition) is 5. The van der Waals surface area contributed by atoms with Crippen LogP contribution in [0.2, 0.25) is 0 Å². The minimum absolute atomic E-state index is 0.302. The molecule has 0 saturated carbocycles. The van der Waals surface area contributed by atoms with Crippen LogP contribution in [0, 0.1) is 0 Å². The second-order valence-electron chi connectivity index (χ2n) is 10.7. The van der Waals surface area contributed by atoms with Crippen LogP contribution >= 0.6 is 0 Å². The predicted octanol–water partition coefficient (Wildman–Crippen LogP) is 4.84. The van der Waals surface area contributed by atoms with Crippen molar-refractivity contribution in [1.29, 1.82) is 0 Å². The highest BCUT2D eigenvalue weighted by molar-refractivity contribution is 5.69. The number of rotatable bonds is 7. The Morgan fingerprint density at radius 3 is 1.74 bits per heavy atom. The summed E-state index contributed by atoms with van der Waals surface area (Å²) < 4.78 is 10.8. The Kier molecular flexibility index (Phi) is 9.36. The topological polar surface area (TPSA) is 79.9 Å². The number of amides is 2. The van der Waals surface area contributed by atoms with Gasteiger partial charge in [0.25, 0.3) is 0 Å². The smallest absolute Gasteiger partial charge is 0.410 e. The molecule has 0 aliphatic carbocycles. The summed E-state index contributed by atoms with van der Waals surface area (Å²) in [7, 11) is 0. The first-order valence-corrected chi connectivity index (χ1v) is 10.8. The number of carbonyl (C=O) groups excluding carboxylic acids is 2. The molecule has 0 unspecified atom stereocenters. The Morgan fingerprint density at radius 1 is 0.806 bits per heavy atom. The van der Waals surface area contributed by atoms with Gasteiger partial charge in [-0.1, -0.05) is 24.3 Å². The highest BCUT2D eigenvalue weighted by Gasteiger charge is 2.30. The minimum atomic E-state index is -0.520. The van der Waals surface area contributed by atoms with E-state index < -0.39 is 17.3 Å². The Labute approximate surface area is 187 Å². The standard InChI is InChI=1S/C24H41N3O4/c1-22(2,3)27(21(29)31-24(7,8)9)15-14-25-16-18-10-12-19(13-11-18)17-26-20(28)30-23(4,5)6/h10-13,25H,14-17H2,1-9H3,(H,26,28). The van der Waals surface area contributed by atoms with Gasteiger partial charge in [0, 0.05) is 31.7 Å². The lowest BCUT2D eigenvalue weighted by atomic mass is 10.1. The van der Waals surface area contributed by atoms with Gasteiger partial charge < -0.3 is 25.0 Å². The maximum atomic E-state index is 12.5. The van der Waals surface area contributed by atoms with E-state index >= 15 is 0 Å². The summed E-state index contributed by atoms with van der Waals surface area (Å²) in [5.74, 6) is 0. The van der Waals surface area contributed by atoms with Gasteiger partial charge in [-0.2, -0.15) is 0 Å². The fourth-order valence-corrected chi connectivity index (χ4v) is 2.70. The number of nitrogens with one attached hydrogen (secondary N) is 2. The molecule has 0 aliphatic heterocycles. The summed E-state index contributed by atoms with van der Waals surface area (Å²) in [6.45, 7) is 19.4. The quantitative estimate of drug-likeness (QED) is 0.599. The van der Waals surface area contributed by atoms with Crippen LogP contribution in [0.25, 0.3) is 0 Å². The summed E-state index contributed by atoms with van der Waals surface area (Å²) in [6.07, 6.45) is -0.727. The zero-order valence-electron chi connectivity index (χ0n) is 20.7. The third-order valence-electron chi connectivity index (χ3n) is 4.12. The van der Waals surface area contributed by atoms with Crippen molar-refractivity contribution in [2.24, 2.45) is 0 Å². The molecule has 7 nitrogen and oxygen atoms in total. The van der Waals surface area contributed by atoms with E-state index in [1.54, 1.807) is 4.90 Å². The first kappa shape index (κ1) is 26.8. The van der Waals surface area contributed by atoms with E-state index in [1.807, 2.05) is 86.6 Å². The fourth-order valence-electron chi connectivity index (χ4n) is 2.70. The van der Waals surface area contributed by atoms with Crippen molar-refractivity contribution in [1.82, 2.24) is 15.5 Å². The van der Waals surface area contributed by atoms with Crippen molar-refractivity contribution in [3.8, 4) is 0 Å². The summed E-state index contributed by atoms with van der Waals surface area (Å²) in [5, 5.41) is 6.13. The van der Waals surface area contributed by atoms with Crippen molar-refractivity contribution < 1.29 is 19.1 Å². The monoisotopic (exact) mass is 435 g/mol. The zero-order valence-corrected chi connectivity index (χ0v) is 20.7. The molecule has 1 rings (SSSR count). The highest BCUT2D eigenvalue weighted by atomic mass is 16.6. The fraction of sp³-hybridized carbons (Fsp3) is 0.667. The van der Waals surface area contributed by atoms with Crippen LogP contribution in [0.3, 0.4) is 0 Å². The van der Waals surface area contributed by atoms with Gasteiger partial charge in [0.2, 0.25) is 0 Å². The van der Waals surface area contributed by atoms with Crippen molar-refractivity contribution in [3.63, 3.8) is 0 Å². The van der Waals surface area contributed by atoms with Crippen molar-refractivity contribution in [2.75, 3.05) is 13.1 Å². The maximum Gasteiger partial charge on any atom is 0.410 e. The molecule has 0 spiro atoms. The van der Waals surface area contributed by atoms with E-state index in [4.69, 9.17) is 9.47 Å². The normalized spacial score (nSPS) is 12.3. The highest BCUT2D eigenvalue weighted by Crippen LogP contribution is 2.18. The molecule has 0 aromatic heterocycles. The van der Waals surface area contributed by atoms with E-state index in [2.05, 4.69) is 10.6 Å². The molecule has 0 saturated heterocycles. The lowest BCUT2D eigenvalue weighted by Gasteiger charge is -2.36. The molecule has 1 aromatic carbocycles. The Morgan fingerprint density at radius 2 is 1.29 bits per heavy atom. The molecule has 0 aliphatic rings. The molecule has 0 atom stereocenters. The van der Waals surface area contributed by atoms with Crippen LogP contribution < -0.4 is 10.6 Å². The molecule has 2 N–H and O–H groups in total. The maximum absolute atomic E-state index is 12.5. The first-order chi connectivity index (χ1) is 14.1. The number of ether oxygens (including phenoxy) is 2. The van der Waals surface area contributed by atoms with Crippen LogP contribution in [0.15, 0.2) is 24.3 Å². The third-order valence-corrected chi connectivity index (χ3v) is 4.12. The molecule has 176 valence electrons. The van der Waals surface area contributed by atoms with E-state index in [-0.39, 0.29) is 11.6 Å². The zero-order chi connectivity index (χ0) is 23.9. The second kappa shape index (κ2) is 10.8. The van der Waals surface area contributed by atoms with E-state index in [1.165, 1.54) is 0 Å². The Hall–Kier alpha value is -2.28. The van der Waals surface area contributed by atoms with Gasteiger partial charge in [0.1, 0.15) is 11.2 Å². The SMILES string of the molecule is CC(C)(C)OC(=O)NCc1ccc(CNCCN(C(=O)OC(C)(C)C)C(C)(C)C)cc1. The molecule has 2 amide bonds. The molecule has 0 fully saturated rings. The molecule has 1 aromatic rings. The molecule has 7 heteroatoms. The largest absolute Gasteiger partial charge is 0.444 e. The van der Waals surface area contributed by atoms with Gasteiger partial charge in [-0.15, -0.1) is 0 Å². The van der Waals surface area contributed by atoms with Crippen LogP contribution in [0.1, 0.15) is 73.4 Å². The lowest BCUT2D eigenvalue weighted by molar-refractivity contribution is 0.00660. The van der Waals surface area contributed by atoms with Gasteiger partial charge in [-0.05, 0) is 73.4 Å². The van der Waals surface area contributed by atoms with Crippen LogP contribution in [0.5, 0.6) is 0 Å². The van der Waals surface area contributed by atoms with Crippen molar-refractivity contribution in [3.05, 3.63) is 35.4 Å².